The van der Waals surface area contributed by atoms with Crippen molar-refractivity contribution in [2.24, 2.45) is 0 Å². The molecular weight excluding hydrogens is 366 g/mol. The zero-order chi connectivity index (χ0) is 19.6. The minimum Gasteiger partial charge on any atom is -0.360 e. The second-order valence-corrected chi connectivity index (χ2v) is 7.87. The molecule has 0 saturated carbocycles. The third kappa shape index (κ3) is 3.05. The summed E-state index contributed by atoms with van der Waals surface area (Å²) in [7, 11) is 1.74. The minimum absolute atomic E-state index is 0.0290. The molecule has 3 atom stereocenters. The van der Waals surface area contributed by atoms with Gasteiger partial charge in [0.2, 0.25) is 0 Å². The van der Waals surface area contributed by atoms with E-state index in [4.69, 9.17) is 4.74 Å². The van der Waals surface area contributed by atoms with Gasteiger partial charge in [-0.1, -0.05) is 0 Å². The Morgan fingerprint density at radius 2 is 1.89 bits per heavy atom. The molecular formula is C18H21F4N3O2. The number of alkyl halides is 3. The van der Waals surface area contributed by atoms with Gasteiger partial charge in [0.1, 0.15) is 6.10 Å². The maximum atomic E-state index is 14.5. The van der Waals surface area contributed by atoms with Crippen LogP contribution in [-0.2, 0) is 15.7 Å². The Kier molecular flexibility index (Phi) is 4.14. The molecule has 1 aromatic heterocycles. The molecule has 3 aliphatic heterocycles. The lowest BCUT2D eigenvalue weighted by molar-refractivity contribution is -0.184. The highest BCUT2D eigenvalue weighted by molar-refractivity contribution is 5.81. The average Bonchev–Trinajstić information content (AvgIpc) is 2.84. The molecule has 4 rings (SSSR count). The number of hydrogen-bond acceptors (Lipinski definition) is 4. The normalized spacial score (nSPS) is 33.9. The number of rotatable bonds is 1. The van der Waals surface area contributed by atoms with E-state index in [0.717, 1.165) is 12.8 Å². The van der Waals surface area contributed by atoms with Gasteiger partial charge >= 0.3 is 6.18 Å². The van der Waals surface area contributed by atoms with Crippen molar-refractivity contribution in [2.45, 2.75) is 62.6 Å². The highest BCUT2D eigenvalue weighted by Gasteiger charge is 2.53. The number of morpholine rings is 1. The predicted molar refractivity (Wildman–Crippen MR) is 88.6 cm³/mol. The number of aromatic nitrogens is 1. The molecule has 9 heteroatoms. The van der Waals surface area contributed by atoms with Crippen molar-refractivity contribution in [2.75, 3.05) is 18.5 Å². The van der Waals surface area contributed by atoms with E-state index in [1.54, 1.807) is 18.9 Å². The van der Waals surface area contributed by atoms with Crippen LogP contribution in [0.15, 0.2) is 12.3 Å². The van der Waals surface area contributed by atoms with Crippen molar-refractivity contribution >= 4 is 11.7 Å². The van der Waals surface area contributed by atoms with Crippen molar-refractivity contribution in [3.8, 4) is 0 Å². The number of piperidine rings is 1. The van der Waals surface area contributed by atoms with Gasteiger partial charge in [-0.25, -0.2) is 9.37 Å². The van der Waals surface area contributed by atoms with Crippen molar-refractivity contribution in [3.63, 3.8) is 0 Å². The zero-order valence-electron chi connectivity index (χ0n) is 15.1. The number of halogens is 4. The van der Waals surface area contributed by atoms with Gasteiger partial charge in [0, 0.05) is 31.9 Å². The van der Waals surface area contributed by atoms with E-state index in [-0.39, 0.29) is 23.8 Å². The number of pyridine rings is 1. The highest BCUT2D eigenvalue weighted by atomic mass is 19.4. The first-order valence-electron chi connectivity index (χ1n) is 9.03. The third-order valence-electron chi connectivity index (χ3n) is 5.90. The van der Waals surface area contributed by atoms with E-state index in [1.807, 2.05) is 4.90 Å². The fourth-order valence-electron chi connectivity index (χ4n) is 4.93. The predicted octanol–water partition coefficient (Wildman–Crippen LogP) is 2.99. The maximum Gasteiger partial charge on any atom is 0.417 e. The summed E-state index contributed by atoms with van der Waals surface area (Å²) in [5.74, 6) is -1.05. The standard InChI is InChI=1S/C18H21F4N3O2/c1-10-16(26)24(2)9-17(27-10)6-12-3-4-13(7-17)25(12)15-14(19)5-11(8-23-15)18(20,21)22/h5,8,10,12-13H,3-4,6-7,9H2,1-2H3. The van der Waals surface area contributed by atoms with Crippen LogP contribution in [0, 0.1) is 5.82 Å². The Labute approximate surface area is 154 Å². The van der Waals surface area contributed by atoms with E-state index in [9.17, 15) is 22.4 Å². The second-order valence-electron chi connectivity index (χ2n) is 7.87. The van der Waals surface area contributed by atoms with Gasteiger partial charge in [-0.05, 0) is 38.7 Å². The Morgan fingerprint density at radius 3 is 2.41 bits per heavy atom. The Balaban J connectivity index is 1.60. The summed E-state index contributed by atoms with van der Waals surface area (Å²) in [5, 5.41) is 0. The van der Waals surface area contributed by atoms with Gasteiger partial charge in [-0.15, -0.1) is 0 Å². The lowest BCUT2D eigenvalue weighted by atomic mass is 9.84. The van der Waals surface area contributed by atoms with E-state index in [0.29, 0.717) is 31.6 Å². The molecule has 5 nitrogen and oxygen atoms in total. The van der Waals surface area contributed by atoms with Gasteiger partial charge in [0.05, 0.1) is 11.2 Å². The lowest BCUT2D eigenvalue weighted by Gasteiger charge is -2.51. The fourth-order valence-corrected chi connectivity index (χ4v) is 4.93. The first-order valence-corrected chi connectivity index (χ1v) is 9.03. The number of nitrogens with zero attached hydrogens (tertiary/aromatic N) is 3. The van der Waals surface area contributed by atoms with Gasteiger partial charge in [0.15, 0.2) is 11.6 Å². The molecule has 0 radical (unpaired) electrons. The molecule has 1 spiro atoms. The van der Waals surface area contributed by atoms with E-state index in [2.05, 4.69) is 4.98 Å². The maximum absolute atomic E-state index is 14.5. The smallest absolute Gasteiger partial charge is 0.360 e. The number of likely N-dealkylation sites (N-methyl/N-ethyl adjacent to an activating group) is 1. The largest absolute Gasteiger partial charge is 0.417 e. The minimum atomic E-state index is -4.62. The first kappa shape index (κ1) is 18.5. The summed E-state index contributed by atoms with van der Waals surface area (Å²) in [4.78, 5) is 19.3. The molecule has 1 amide bonds. The van der Waals surface area contributed by atoms with Gasteiger partial charge in [0.25, 0.3) is 5.91 Å². The summed E-state index contributed by atoms with van der Waals surface area (Å²) in [6.07, 6.45) is -1.70. The summed E-state index contributed by atoms with van der Waals surface area (Å²) in [6, 6.07) is 0.366. The zero-order valence-corrected chi connectivity index (χ0v) is 15.1. The van der Waals surface area contributed by atoms with Crippen LogP contribution in [0.2, 0.25) is 0 Å². The SMILES string of the molecule is CC1OC2(CC3CCC(C2)N3c2ncc(C(F)(F)F)cc2F)CN(C)C1=O. The number of ether oxygens (including phenoxy) is 1. The van der Waals surface area contributed by atoms with Crippen LogP contribution < -0.4 is 4.90 Å². The van der Waals surface area contributed by atoms with Crippen molar-refractivity contribution in [3.05, 3.63) is 23.6 Å². The molecule has 2 bridgehead atoms. The molecule has 3 saturated heterocycles. The quantitative estimate of drug-likeness (QED) is 0.695. The molecule has 3 fully saturated rings. The number of hydrogen-bond donors (Lipinski definition) is 0. The van der Waals surface area contributed by atoms with Gasteiger partial charge in [-0.2, -0.15) is 13.2 Å². The first-order chi connectivity index (χ1) is 12.6. The summed E-state index contributed by atoms with van der Waals surface area (Å²) < 4.78 is 58.9. The van der Waals surface area contributed by atoms with Crippen LogP contribution in [0.1, 0.15) is 38.2 Å². The van der Waals surface area contributed by atoms with E-state index >= 15 is 0 Å². The highest BCUT2D eigenvalue weighted by Crippen LogP contribution is 2.47. The molecule has 148 valence electrons. The van der Waals surface area contributed by atoms with Crippen LogP contribution in [0.4, 0.5) is 23.4 Å². The second kappa shape index (κ2) is 6.05. The van der Waals surface area contributed by atoms with E-state index < -0.39 is 29.3 Å². The number of amides is 1. The molecule has 0 aromatic carbocycles. The molecule has 0 aliphatic carbocycles. The van der Waals surface area contributed by atoms with Crippen LogP contribution in [0.25, 0.3) is 0 Å². The van der Waals surface area contributed by atoms with Crippen LogP contribution in [-0.4, -0.2) is 53.2 Å². The summed E-state index contributed by atoms with van der Waals surface area (Å²) >= 11 is 0. The van der Waals surface area contributed by atoms with E-state index in [1.165, 1.54) is 0 Å². The summed E-state index contributed by atoms with van der Waals surface area (Å²) in [5.41, 5.74) is -1.58. The van der Waals surface area contributed by atoms with Crippen LogP contribution in [0.3, 0.4) is 0 Å². The number of anilines is 1. The van der Waals surface area contributed by atoms with Crippen molar-refractivity contribution in [1.82, 2.24) is 9.88 Å². The number of carbonyl (C=O) groups is 1. The molecule has 4 heterocycles. The van der Waals surface area contributed by atoms with Crippen LogP contribution in [0.5, 0.6) is 0 Å². The molecule has 3 unspecified atom stereocenters. The Morgan fingerprint density at radius 1 is 1.26 bits per heavy atom. The lowest BCUT2D eigenvalue weighted by Crippen LogP contribution is -2.63. The molecule has 27 heavy (non-hydrogen) atoms. The monoisotopic (exact) mass is 387 g/mol. The van der Waals surface area contributed by atoms with Crippen LogP contribution >= 0.6 is 0 Å². The van der Waals surface area contributed by atoms with Crippen molar-refractivity contribution in [1.29, 1.82) is 0 Å². The average molecular weight is 387 g/mol. The molecule has 0 N–H and O–H groups in total. The third-order valence-corrected chi connectivity index (χ3v) is 5.90. The number of carbonyl (C=O) groups excluding carboxylic acids is 1. The Bertz CT molecular complexity index is 739. The van der Waals surface area contributed by atoms with Gasteiger partial charge in [-0.3, -0.25) is 4.79 Å². The van der Waals surface area contributed by atoms with Crippen molar-refractivity contribution < 1.29 is 27.1 Å². The topological polar surface area (TPSA) is 45.7 Å². The fraction of sp³-hybridized carbons (Fsp3) is 0.667. The summed E-state index contributed by atoms with van der Waals surface area (Å²) in [6.45, 7) is 2.20. The molecule has 1 aromatic rings. The Hall–Kier alpha value is -1.90. The van der Waals surface area contributed by atoms with Gasteiger partial charge < -0.3 is 14.5 Å². The number of fused-ring (bicyclic) bond motifs is 2. The molecule has 3 aliphatic rings.